The molecule has 0 atom stereocenters. The van der Waals surface area contributed by atoms with Crippen molar-refractivity contribution in [3.05, 3.63) is 29.8 Å². The Morgan fingerprint density at radius 1 is 1.18 bits per heavy atom. The molecule has 17 heavy (non-hydrogen) atoms. The molecule has 0 saturated carbocycles. The largest absolute Gasteiger partial charge is 0.493 e. The molecule has 0 aromatic heterocycles. The van der Waals surface area contributed by atoms with Gasteiger partial charge in [0.2, 0.25) is 0 Å². The summed E-state index contributed by atoms with van der Waals surface area (Å²) in [7, 11) is 0. The summed E-state index contributed by atoms with van der Waals surface area (Å²) in [5, 5.41) is 0. The van der Waals surface area contributed by atoms with Crippen molar-refractivity contribution in [2.45, 2.75) is 40.0 Å². The van der Waals surface area contributed by atoms with Crippen molar-refractivity contribution in [2.24, 2.45) is 11.1 Å². The van der Waals surface area contributed by atoms with Gasteiger partial charge in [-0.1, -0.05) is 39.3 Å². The standard InChI is InChI=1S/C15H25NO/c1-4-5-6-13-7-9-14(10-8-13)17-12-15(2,3)11-16/h7-10H,4-6,11-12,16H2,1-3H3. The van der Waals surface area contributed by atoms with E-state index in [2.05, 4.69) is 45.0 Å². The van der Waals surface area contributed by atoms with Gasteiger partial charge in [0.15, 0.2) is 0 Å². The Kier molecular flexibility index (Phi) is 5.49. The van der Waals surface area contributed by atoms with Crippen LogP contribution in [0.1, 0.15) is 39.2 Å². The lowest BCUT2D eigenvalue weighted by atomic mass is 9.95. The Balaban J connectivity index is 2.45. The van der Waals surface area contributed by atoms with E-state index in [0.29, 0.717) is 13.2 Å². The summed E-state index contributed by atoms with van der Waals surface area (Å²) < 4.78 is 5.74. The number of ether oxygens (including phenoxy) is 1. The maximum absolute atomic E-state index is 5.74. The minimum atomic E-state index is 0.0425. The highest BCUT2D eigenvalue weighted by atomic mass is 16.5. The average Bonchev–Trinajstić information content (AvgIpc) is 2.35. The fourth-order valence-electron chi connectivity index (χ4n) is 1.47. The van der Waals surface area contributed by atoms with E-state index in [9.17, 15) is 0 Å². The molecule has 96 valence electrons. The number of aryl methyl sites for hydroxylation is 1. The number of nitrogens with two attached hydrogens (primary N) is 1. The molecule has 0 heterocycles. The summed E-state index contributed by atoms with van der Waals surface area (Å²) in [5.74, 6) is 0.937. The Bertz CT molecular complexity index is 316. The molecule has 0 bridgehead atoms. The van der Waals surface area contributed by atoms with Gasteiger partial charge in [-0.15, -0.1) is 0 Å². The molecule has 2 nitrogen and oxygen atoms in total. The second-order valence-electron chi connectivity index (χ2n) is 5.40. The first-order valence-electron chi connectivity index (χ1n) is 6.49. The highest BCUT2D eigenvalue weighted by Crippen LogP contribution is 2.18. The third-order valence-electron chi connectivity index (χ3n) is 2.92. The fourth-order valence-corrected chi connectivity index (χ4v) is 1.47. The molecule has 0 aliphatic heterocycles. The number of benzene rings is 1. The van der Waals surface area contributed by atoms with Crippen LogP contribution in [0.2, 0.25) is 0 Å². The minimum absolute atomic E-state index is 0.0425. The van der Waals surface area contributed by atoms with E-state index in [1.165, 1.54) is 18.4 Å². The van der Waals surface area contributed by atoms with E-state index in [-0.39, 0.29) is 5.41 Å². The van der Waals surface area contributed by atoms with Crippen molar-refractivity contribution in [2.75, 3.05) is 13.2 Å². The molecule has 0 aliphatic rings. The monoisotopic (exact) mass is 235 g/mol. The summed E-state index contributed by atoms with van der Waals surface area (Å²) in [6.07, 6.45) is 3.65. The van der Waals surface area contributed by atoms with Crippen molar-refractivity contribution < 1.29 is 4.74 Å². The van der Waals surface area contributed by atoms with Crippen LogP contribution in [0.4, 0.5) is 0 Å². The molecule has 2 N–H and O–H groups in total. The quantitative estimate of drug-likeness (QED) is 0.786. The molecule has 0 saturated heterocycles. The summed E-state index contributed by atoms with van der Waals surface area (Å²) in [4.78, 5) is 0. The highest BCUT2D eigenvalue weighted by molar-refractivity contribution is 5.27. The number of rotatable bonds is 7. The lowest BCUT2D eigenvalue weighted by Crippen LogP contribution is -2.30. The lowest BCUT2D eigenvalue weighted by molar-refractivity contribution is 0.187. The Hall–Kier alpha value is -1.02. The normalized spacial score (nSPS) is 11.5. The first kappa shape index (κ1) is 14.0. The van der Waals surface area contributed by atoms with E-state index in [1.807, 2.05) is 0 Å². The van der Waals surface area contributed by atoms with Gasteiger partial charge in [-0.3, -0.25) is 0 Å². The lowest BCUT2D eigenvalue weighted by Gasteiger charge is -2.22. The highest BCUT2D eigenvalue weighted by Gasteiger charge is 2.16. The topological polar surface area (TPSA) is 35.2 Å². The minimum Gasteiger partial charge on any atom is -0.493 e. The smallest absolute Gasteiger partial charge is 0.119 e. The molecule has 1 aromatic rings. The number of hydrogen-bond acceptors (Lipinski definition) is 2. The first-order valence-corrected chi connectivity index (χ1v) is 6.49. The summed E-state index contributed by atoms with van der Waals surface area (Å²) >= 11 is 0. The number of hydrogen-bond donors (Lipinski definition) is 1. The molecule has 1 aromatic carbocycles. The summed E-state index contributed by atoms with van der Waals surface area (Å²) in [5.41, 5.74) is 7.10. The van der Waals surface area contributed by atoms with Crippen LogP contribution in [0.3, 0.4) is 0 Å². The van der Waals surface area contributed by atoms with Crippen LogP contribution in [0.15, 0.2) is 24.3 Å². The van der Waals surface area contributed by atoms with Crippen LogP contribution < -0.4 is 10.5 Å². The summed E-state index contributed by atoms with van der Waals surface area (Å²) in [6.45, 7) is 7.75. The predicted octanol–water partition coefficient (Wildman–Crippen LogP) is 3.39. The van der Waals surface area contributed by atoms with Gasteiger partial charge in [0.1, 0.15) is 5.75 Å². The zero-order chi connectivity index (χ0) is 12.7. The van der Waals surface area contributed by atoms with Gasteiger partial charge < -0.3 is 10.5 Å². The Morgan fingerprint density at radius 3 is 2.35 bits per heavy atom. The molecule has 0 radical (unpaired) electrons. The van der Waals surface area contributed by atoms with Gasteiger partial charge in [0.25, 0.3) is 0 Å². The summed E-state index contributed by atoms with van der Waals surface area (Å²) in [6, 6.07) is 8.41. The maximum Gasteiger partial charge on any atom is 0.119 e. The van der Waals surface area contributed by atoms with Gasteiger partial charge in [0.05, 0.1) is 6.61 Å². The third kappa shape index (κ3) is 5.22. The Morgan fingerprint density at radius 2 is 1.82 bits per heavy atom. The van der Waals surface area contributed by atoms with E-state index in [4.69, 9.17) is 10.5 Å². The van der Waals surface area contributed by atoms with Crippen LogP contribution in [0.5, 0.6) is 5.75 Å². The van der Waals surface area contributed by atoms with Gasteiger partial charge in [-0.2, -0.15) is 0 Å². The van der Waals surface area contributed by atoms with Crippen LogP contribution in [-0.4, -0.2) is 13.2 Å². The van der Waals surface area contributed by atoms with E-state index in [0.717, 1.165) is 12.2 Å². The molecule has 0 unspecified atom stereocenters. The molecule has 0 fully saturated rings. The second kappa shape index (κ2) is 6.65. The molecular weight excluding hydrogens is 210 g/mol. The average molecular weight is 235 g/mol. The predicted molar refractivity (Wildman–Crippen MR) is 73.4 cm³/mol. The van der Waals surface area contributed by atoms with Crippen molar-refractivity contribution in [1.82, 2.24) is 0 Å². The zero-order valence-corrected chi connectivity index (χ0v) is 11.3. The fraction of sp³-hybridized carbons (Fsp3) is 0.600. The van der Waals surface area contributed by atoms with E-state index in [1.54, 1.807) is 0 Å². The van der Waals surface area contributed by atoms with Crippen LogP contribution in [-0.2, 0) is 6.42 Å². The molecular formula is C15H25NO. The van der Waals surface area contributed by atoms with Gasteiger partial charge >= 0.3 is 0 Å². The van der Waals surface area contributed by atoms with Gasteiger partial charge in [-0.05, 0) is 30.5 Å². The van der Waals surface area contributed by atoms with Crippen molar-refractivity contribution in [1.29, 1.82) is 0 Å². The van der Waals surface area contributed by atoms with Gasteiger partial charge in [-0.25, -0.2) is 0 Å². The van der Waals surface area contributed by atoms with Gasteiger partial charge in [0, 0.05) is 12.0 Å². The molecule has 0 aliphatic carbocycles. The molecule has 0 amide bonds. The SMILES string of the molecule is CCCCc1ccc(OCC(C)(C)CN)cc1. The molecule has 0 spiro atoms. The van der Waals surface area contributed by atoms with Crippen molar-refractivity contribution >= 4 is 0 Å². The van der Waals surface area contributed by atoms with E-state index < -0.39 is 0 Å². The first-order chi connectivity index (χ1) is 8.07. The van der Waals surface area contributed by atoms with Crippen molar-refractivity contribution in [3.63, 3.8) is 0 Å². The Labute approximate surface area is 105 Å². The third-order valence-corrected chi connectivity index (χ3v) is 2.92. The maximum atomic E-state index is 5.74. The second-order valence-corrected chi connectivity index (χ2v) is 5.40. The zero-order valence-electron chi connectivity index (χ0n) is 11.3. The van der Waals surface area contributed by atoms with E-state index >= 15 is 0 Å². The van der Waals surface area contributed by atoms with Crippen LogP contribution in [0, 0.1) is 5.41 Å². The number of unbranched alkanes of at least 4 members (excludes halogenated alkanes) is 1. The molecule has 1 rings (SSSR count). The van der Waals surface area contributed by atoms with Crippen molar-refractivity contribution in [3.8, 4) is 5.75 Å². The van der Waals surface area contributed by atoms with Crippen LogP contribution in [0.25, 0.3) is 0 Å². The molecule has 2 heteroatoms. The van der Waals surface area contributed by atoms with Crippen LogP contribution >= 0.6 is 0 Å².